The Morgan fingerprint density at radius 3 is 2.45 bits per heavy atom. The van der Waals surface area contributed by atoms with Gasteiger partial charge in [-0.15, -0.1) is 0 Å². The molecule has 20 heavy (non-hydrogen) atoms. The van der Waals surface area contributed by atoms with Gasteiger partial charge in [0.1, 0.15) is 24.0 Å². The Bertz CT molecular complexity index is 447. The van der Waals surface area contributed by atoms with Crippen LogP contribution in [-0.4, -0.2) is 35.5 Å². The molecule has 0 aliphatic rings. The van der Waals surface area contributed by atoms with Crippen LogP contribution < -0.4 is 16.0 Å². The Morgan fingerprint density at radius 1 is 1.25 bits per heavy atom. The van der Waals surface area contributed by atoms with E-state index in [1.807, 2.05) is 20.9 Å². The van der Waals surface area contributed by atoms with Crippen LogP contribution in [-0.2, 0) is 4.79 Å². The fourth-order valence-corrected chi connectivity index (χ4v) is 1.93. The van der Waals surface area contributed by atoms with Gasteiger partial charge in [0.25, 0.3) is 0 Å². The number of nitrogens with one attached hydrogen (secondary N) is 3. The van der Waals surface area contributed by atoms with Crippen molar-refractivity contribution in [2.24, 2.45) is 0 Å². The average molecular weight is 279 g/mol. The molecule has 0 radical (unpaired) electrons. The number of rotatable bonds is 7. The topological polar surface area (TPSA) is 78.9 Å². The second kappa shape index (κ2) is 7.67. The van der Waals surface area contributed by atoms with Crippen LogP contribution in [0.25, 0.3) is 0 Å². The van der Waals surface area contributed by atoms with Gasteiger partial charge in [-0.3, -0.25) is 4.79 Å². The molecular formula is C14H25N5O. The Balaban J connectivity index is 2.89. The molecule has 0 saturated heterocycles. The average Bonchev–Trinajstić information content (AvgIpc) is 2.43. The van der Waals surface area contributed by atoms with Crippen molar-refractivity contribution < 1.29 is 4.79 Å². The van der Waals surface area contributed by atoms with E-state index in [0.717, 1.165) is 17.8 Å². The number of carbonyl (C=O) groups is 1. The molecule has 112 valence electrons. The normalized spacial score (nSPS) is 12.1. The molecule has 1 unspecified atom stereocenters. The molecule has 0 saturated carbocycles. The summed E-state index contributed by atoms with van der Waals surface area (Å²) in [6.45, 7) is 8.70. The van der Waals surface area contributed by atoms with E-state index in [0.29, 0.717) is 12.4 Å². The summed E-state index contributed by atoms with van der Waals surface area (Å²) in [7, 11) is 1.83. The van der Waals surface area contributed by atoms with E-state index in [1.54, 1.807) is 0 Å². The lowest BCUT2D eigenvalue weighted by Crippen LogP contribution is -2.38. The van der Waals surface area contributed by atoms with Gasteiger partial charge in [-0.1, -0.05) is 20.8 Å². The summed E-state index contributed by atoms with van der Waals surface area (Å²) in [5, 5.41) is 9.10. The van der Waals surface area contributed by atoms with Crippen molar-refractivity contribution in [1.29, 1.82) is 0 Å². The summed E-state index contributed by atoms with van der Waals surface area (Å²) in [5.74, 6) is 1.73. The summed E-state index contributed by atoms with van der Waals surface area (Å²) in [4.78, 5) is 20.4. The molecule has 0 fully saturated rings. The van der Waals surface area contributed by atoms with Crippen molar-refractivity contribution in [3.8, 4) is 0 Å². The zero-order valence-corrected chi connectivity index (χ0v) is 12.9. The Hall–Kier alpha value is -1.85. The highest BCUT2D eigenvalue weighted by molar-refractivity contribution is 5.84. The van der Waals surface area contributed by atoms with Gasteiger partial charge < -0.3 is 16.0 Å². The van der Waals surface area contributed by atoms with Crippen molar-refractivity contribution in [2.75, 3.05) is 24.2 Å². The quantitative estimate of drug-likeness (QED) is 0.711. The van der Waals surface area contributed by atoms with Gasteiger partial charge in [0.15, 0.2) is 0 Å². The Morgan fingerprint density at radius 2 is 1.90 bits per heavy atom. The monoisotopic (exact) mass is 279 g/mol. The first-order valence-electron chi connectivity index (χ1n) is 7.08. The minimum absolute atomic E-state index is 0.0221. The van der Waals surface area contributed by atoms with Gasteiger partial charge in [0.05, 0.1) is 0 Å². The van der Waals surface area contributed by atoms with Crippen molar-refractivity contribution in [3.05, 3.63) is 11.9 Å². The number of nitrogens with zero attached hydrogens (tertiary/aromatic N) is 2. The van der Waals surface area contributed by atoms with Crippen molar-refractivity contribution in [2.45, 2.75) is 46.1 Å². The second-order valence-corrected chi connectivity index (χ2v) is 5.05. The highest BCUT2D eigenvalue weighted by Gasteiger charge is 2.18. The first kappa shape index (κ1) is 16.2. The Labute approximate surface area is 120 Å². The van der Waals surface area contributed by atoms with Crippen molar-refractivity contribution in [3.63, 3.8) is 0 Å². The van der Waals surface area contributed by atoms with Gasteiger partial charge in [-0.25, -0.2) is 9.97 Å². The van der Waals surface area contributed by atoms with Crippen LogP contribution in [0.4, 0.5) is 11.6 Å². The second-order valence-electron chi connectivity index (χ2n) is 5.05. The number of carbonyl (C=O) groups excluding carboxylic acids is 1. The van der Waals surface area contributed by atoms with Crippen LogP contribution in [0.3, 0.4) is 0 Å². The largest absolute Gasteiger partial charge is 0.373 e. The number of anilines is 2. The van der Waals surface area contributed by atoms with Crippen LogP contribution in [0.15, 0.2) is 6.33 Å². The highest BCUT2D eigenvalue weighted by atomic mass is 16.2. The first-order chi connectivity index (χ1) is 9.51. The van der Waals surface area contributed by atoms with E-state index in [9.17, 15) is 4.79 Å². The first-order valence-corrected chi connectivity index (χ1v) is 7.08. The molecule has 1 amide bonds. The van der Waals surface area contributed by atoms with Gasteiger partial charge in [0.2, 0.25) is 5.91 Å². The van der Waals surface area contributed by atoms with Gasteiger partial charge in [0, 0.05) is 19.2 Å². The molecule has 6 heteroatoms. The molecule has 1 aromatic rings. The van der Waals surface area contributed by atoms with Crippen LogP contribution in [0.2, 0.25) is 0 Å². The Kier molecular flexibility index (Phi) is 6.21. The number of amides is 1. The predicted molar refractivity (Wildman–Crippen MR) is 82.1 cm³/mol. The molecule has 0 aliphatic heterocycles. The summed E-state index contributed by atoms with van der Waals surface area (Å²) in [5.41, 5.74) is 0.991. The standard InChI is InChI=1S/C14H25N5O/c1-6-7-16-14(20)10(4)19-13-11(9(2)3)12(15-5)17-8-18-13/h8-10H,6-7H2,1-5H3,(H,16,20)(H2,15,17,18,19). The molecule has 1 atom stereocenters. The molecule has 1 aromatic heterocycles. The summed E-state index contributed by atoms with van der Waals surface area (Å²) in [6, 6.07) is -0.335. The molecule has 3 N–H and O–H groups in total. The maximum absolute atomic E-state index is 11.9. The highest BCUT2D eigenvalue weighted by Crippen LogP contribution is 2.28. The summed E-state index contributed by atoms with van der Waals surface area (Å²) in [6.07, 6.45) is 2.42. The number of aromatic nitrogens is 2. The van der Waals surface area contributed by atoms with Gasteiger partial charge in [-0.05, 0) is 19.3 Å². The third-order valence-corrected chi connectivity index (χ3v) is 2.99. The maximum Gasteiger partial charge on any atom is 0.242 e. The lowest BCUT2D eigenvalue weighted by Gasteiger charge is -2.20. The zero-order valence-electron chi connectivity index (χ0n) is 12.9. The molecule has 0 aliphatic carbocycles. The molecule has 1 rings (SSSR count). The van der Waals surface area contributed by atoms with E-state index >= 15 is 0 Å². The van der Waals surface area contributed by atoms with Crippen LogP contribution in [0, 0.1) is 0 Å². The minimum atomic E-state index is -0.335. The third-order valence-electron chi connectivity index (χ3n) is 2.99. The lowest BCUT2D eigenvalue weighted by molar-refractivity contribution is -0.121. The molecule has 0 bridgehead atoms. The minimum Gasteiger partial charge on any atom is -0.373 e. The molecular weight excluding hydrogens is 254 g/mol. The fourth-order valence-electron chi connectivity index (χ4n) is 1.93. The SMILES string of the molecule is CCCNC(=O)C(C)Nc1ncnc(NC)c1C(C)C. The number of hydrogen-bond donors (Lipinski definition) is 3. The molecule has 1 heterocycles. The smallest absolute Gasteiger partial charge is 0.242 e. The fraction of sp³-hybridized carbons (Fsp3) is 0.643. The maximum atomic E-state index is 11.9. The van der Waals surface area contributed by atoms with Gasteiger partial charge in [-0.2, -0.15) is 0 Å². The zero-order chi connectivity index (χ0) is 15.1. The molecule has 0 spiro atoms. The van der Waals surface area contributed by atoms with Crippen LogP contribution in [0.5, 0.6) is 0 Å². The molecule has 0 aromatic carbocycles. The van der Waals surface area contributed by atoms with E-state index < -0.39 is 0 Å². The van der Waals surface area contributed by atoms with E-state index in [2.05, 4.69) is 39.8 Å². The van der Waals surface area contributed by atoms with Crippen molar-refractivity contribution in [1.82, 2.24) is 15.3 Å². The summed E-state index contributed by atoms with van der Waals surface area (Å²) >= 11 is 0. The van der Waals surface area contributed by atoms with E-state index in [-0.39, 0.29) is 17.9 Å². The summed E-state index contributed by atoms with van der Waals surface area (Å²) < 4.78 is 0. The number of hydrogen-bond acceptors (Lipinski definition) is 5. The molecule has 6 nitrogen and oxygen atoms in total. The van der Waals surface area contributed by atoms with Crippen LogP contribution >= 0.6 is 0 Å². The van der Waals surface area contributed by atoms with Gasteiger partial charge >= 0.3 is 0 Å². The van der Waals surface area contributed by atoms with E-state index in [1.165, 1.54) is 6.33 Å². The predicted octanol–water partition coefficient (Wildman–Crippen LogP) is 1.97. The third kappa shape index (κ3) is 4.08. The van der Waals surface area contributed by atoms with E-state index in [4.69, 9.17) is 0 Å². The van der Waals surface area contributed by atoms with Crippen molar-refractivity contribution >= 4 is 17.5 Å². The van der Waals surface area contributed by atoms with Crippen LogP contribution in [0.1, 0.15) is 45.6 Å². The lowest BCUT2D eigenvalue weighted by atomic mass is 10.0.